The number of alkyl halides is 3. The highest BCUT2D eigenvalue weighted by Crippen LogP contribution is 2.32. The Morgan fingerprint density at radius 2 is 1.95 bits per heavy atom. The average Bonchev–Trinajstić information content (AvgIpc) is 2.45. The van der Waals surface area contributed by atoms with Crippen LogP contribution in [0, 0.1) is 6.92 Å². The molecule has 112 valence electrons. The summed E-state index contributed by atoms with van der Waals surface area (Å²) in [5.74, 6) is 0. The number of nitrogens with zero attached hydrogens (tertiary/aromatic N) is 1. The molecule has 1 aromatic carbocycles. The molecule has 1 heterocycles. The standard InChI is InChI=1S/C16H17F3N2/c1-3-11-5-4-8-21-15(11)14(20)13-7-6-12(9-10(13)2)16(17,18)19/h4-9,14H,3,20H2,1-2H3. The molecule has 21 heavy (non-hydrogen) atoms. The molecule has 0 radical (unpaired) electrons. The fraction of sp³-hybridized carbons (Fsp3) is 0.312. The minimum absolute atomic E-state index is 0.519. The zero-order valence-corrected chi connectivity index (χ0v) is 11.9. The number of hydrogen-bond donors (Lipinski definition) is 1. The van der Waals surface area contributed by atoms with Gasteiger partial charge in [-0.3, -0.25) is 4.98 Å². The highest BCUT2D eigenvalue weighted by atomic mass is 19.4. The van der Waals surface area contributed by atoms with Gasteiger partial charge in [-0.05, 0) is 48.2 Å². The van der Waals surface area contributed by atoms with Crippen molar-refractivity contribution in [3.63, 3.8) is 0 Å². The molecule has 0 saturated heterocycles. The van der Waals surface area contributed by atoms with Crippen LogP contribution in [0.2, 0.25) is 0 Å². The Morgan fingerprint density at radius 1 is 1.24 bits per heavy atom. The molecule has 0 spiro atoms. The molecular weight excluding hydrogens is 277 g/mol. The summed E-state index contributed by atoms with van der Waals surface area (Å²) in [5.41, 5.74) is 8.45. The van der Waals surface area contributed by atoms with Crippen LogP contribution >= 0.6 is 0 Å². The van der Waals surface area contributed by atoms with Gasteiger partial charge in [0.2, 0.25) is 0 Å². The van der Waals surface area contributed by atoms with Crippen molar-refractivity contribution in [1.82, 2.24) is 4.98 Å². The first-order chi connectivity index (χ1) is 9.84. The van der Waals surface area contributed by atoms with E-state index < -0.39 is 17.8 Å². The Hall–Kier alpha value is -1.88. The minimum Gasteiger partial charge on any atom is -0.319 e. The summed E-state index contributed by atoms with van der Waals surface area (Å²) in [4.78, 5) is 4.29. The molecular formula is C16H17F3N2. The van der Waals surface area contributed by atoms with E-state index in [1.165, 1.54) is 6.07 Å². The molecule has 0 amide bonds. The maximum atomic E-state index is 12.7. The van der Waals surface area contributed by atoms with Crippen LogP contribution in [0.15, 0.2) is 36.5 Å². The molecule has 2 nitrogen and oxygen atoms in total. The van der Waals surface area contributed by atoms with Crippen molar-refractivity contribution in [3.8, 4) is 0 Å². The molecule has 0 aliphatic heterocycles. The lowest BCUT2D eigenvalue weighted by Gasteiger charge is -2.18. The molecule has 2 aromatic rings. The van der Waals surface area contributed by atoms with Crippen molar-refractivity contribution in [2.75, 3.05) is 0 Å². The van der Waals surface area contributed by atoms with Crippen LogP contribution in [-0.2, 0) is 12.6 Å². The third-order valence-corrected chi connectivity index (χ3v) is 3.53. The molecule has 0 aliphatic carbocycles. The molecule has 0 aliphatic rings. The molecule has 0 fully saturated rings. The number of aryl methyl sites for hydroxylation is 2. The van der Waals surface area contributed by atoms with E-state index in [1.807, 2.05) is 19.1 Å². The van der Waals surface area contributed by atoms with Crippen LogP contribution in [-0.4, -0.2) is 4.98 Å². The van der Waals surface area contributed by atoms with E-state index >= 15 is 0 Å². The number of hydrogen-bond acceptors (Lipinski definition) is 2. The molecule has 5 heteroatoms. The first kappa shape index (κ1) is 15.5. The summed E-state index contributed by atoms with van der Waals surface area (Å²) >= 11 is 0. The predicted octanol–water partition coefficient (Wildman–Crippen LogP) is 4.02. The zero-order valence-electron chi connectivity index (χ0n) is 11.9. The monoisotopic (exact) mass is 294 g/mol. The molecule has 1 unspecified atom stereocenters. The van der Waals surface area contributed by atoms with Crippen molar-refractivity contribution < 1.29 is 13.2 Å². The van der Waals surface area contributed by atoms with E-state index in [2.05, 4.69) is 4.98 Å². The van der Waals surface area contributed by atoms with E-state index in [0.717, 1.165) is 24.1 Å². The van der Waals surface area contributed by atoms with Crippen LogP contribution in [0.3, 0.4) is 0 Å². The highest BCUT2D eigenvalue weighted by molar-refractivity contribution is 5.39. The Morgan fingerprint density at radius 3 is 2.52 bits per heavy atom. The number of halogens is 3. The maximum absolute atomic E-state index is 12.7. The Labute approximate surface area is 121 Å². The number of aromatic nitrogens is 1. The third kappa shape index (κ3) is 3.24. The third-order valence-electron chi connectivity index (χ3n) is 3.53. The van der Waals surface area contributed by atoms with Crippen molar-refractivity contribution in [3.05, 3.63) is 64.5 Å². The largest absolute Gasteiger partial charge is 0.416 e. The fourth-order valence-corrected chi connectivity index (χ4v) is 2.38. The Balaban J connectivity index is 2.42. The van der Waals surface area contributed by atoms with Gasteiger partial charge in [0, 0.05) is 6.20 Å². The van der Waals surface area contributed by atoms with Gasteiger partial charge >= 0.3 is 6.18 Å². The molecule has 0 bridgehead atoms. The van der Waals surface area contributed by atoms with Crippen LogP contribution < -0.4 is 5.73 Å². The zero-order chi connectivity index (χ0) is 15.6. The second kappa shape index (κ2) is 5.85. The first-order valence-corrected chi connectivity index (χ1v) is 6.71. The summed E-state index contributed by atoms with van der Waals surface area (Å²) in [6.07, 6.45) is -1.92. The quantitative estimate of drug-likeness (QED) is 0.928. The highest BCUT2D eigenvalue weighted by Gasteiger charge is 2.31. The fourth-order valence-electron chi connectivity index (χ4n) is 2.38. The normalized spacial score (nSPS) is 13.2. The van der Waals surface area contributed by atoms with Gasteiger partial charge < -0.3 is 5.73 Å². The molecule has 1 atom stereocenters. The molecule has 1 aromatic heterocycles. The van der Waals surface area contributed by atoms with Crippen molar-refractivity contribution in [2.24, 2.45) is 5.73 Å². The Kier molecular flexibility index (Phi) is 4.32. The van der Waals surface area contributed by atoms with Gasteiger partial charge in [-0.25, -0.2) is 0 Å². The van der Waals surface area contributed by atoms with Gasteiger partial charge in [0.05, 0.1) is 17.3 Å². The summed E-state index contributed by atoms with van der Waals surface area (Å²) in [7, 11) is 0. The number of benzene rings is 1. The molecule has 0 saturated carbocycles. The van der Waals surface area contributed by atoms with Gasteiger partial charge in [-0.2, -0.15) is 13.2 Å². The van der Waals surface area contributed by atoms with Gasteiger partial charge in [-0.1, -0.05) is 19.1 Å². The van der Waals surface area contributed by atoms with Gasteiger partial charge in [0.25, 0.3) is 0 Å². The van der Waals surface area contributed by atoms with Crippen LogP contribution in [0.25, 0.3) is 0 Å². The first-order valence-electron chi connectivity index (χ1n) is 6.71. The lowest BCUT2D eigenvalue weighted by Crippen LogP contribution is -2.17. The topological polar surface area (TPSA) is 38.9 Å². The minimum atomic E-state index is -4.34. The lowest BCUT2D eigenvalue weighted by molar-refractivity contribution is -0.137. The van der Waals surface area contributed by atoms with Gasteiger partial charge in [0.1, 0.15) is 0 Å². The summed E-state index contributed by atoms with van der Waals surface area (Å²) in [6, 6.07) is 6.87. The number of rotatable bonds is 3. The lowest BCUT2D eigenvalue weighted by atomic mass is 9.94. The van der Waals surface area contributed by atoms with E-state index in [9.17, 15) is 13.2 Å². The van der Waals surface area contributed by atoms with Crippen LogP contribution in [0.4, 0.5) is 13.2 Å². The second-order valence-corrected chi connectivity index (χ2v) is 4.95. The smallest absolute Gasteiger partial charge is 0.319 e. The average molecular weight is 294 g/mol. The van der Waals surface area contributed by atoms with E-state index in [4.69, 9.17) is 5.73 Å². The maximum Gasteiger partial charge on any atom is 0.416 e. The predicted molar refractivity (Wildman–Crippen MR) is 75.8 cm³/mol. The summed E-state index contributed by atoms with van der Waals surface area (Å²) in [5, 5.41) is 0. The van der Waals surface area contributed by atoms with Gasteiger partial charge in [-0.15, -0.1) is 0 Å². The SMILES string of the molecule is CCc1cccnc1C(N)c1ccc(C(F)(F)F)cc1C. The molecule has 2 N–H and O–H groups in total. The summed E-state index contributed by atoms with van der Waals surface area (Å²) in [6.45, 7) is 3.63. The second-order valence-electron chi connectivity index (χ2n) is 4.95. The van der Waals surface area contributed by atoms with Crippen LogP contribution in [0.1, 0.15) is 40.9 Å². The Bertz CT molecular complexity index is 636. The van der Waals surface area contributed by atoms with E-state index in [-0.39, 0.29) is 0 Å². The molecule has 2 rings (SSSR count). The number of pyridine rings is 1. The van der Waals surface area contributed by atoms with Gasteiger partial charge in [0.15, 0.2) is 0 Å². The van der Waals surface area contributed by atoms with Crippen molar-refractivity contribution >= 4 is 0 Å². The number of nitrogens with two attached hydrogens (primary N) is 1. The van der Waals surface area contributed by atoms with Crippen LogP contribution in [0.5, 0.6) is 0 Å². The summed E-state index contributed by atoms with van der Waals surface area (Å²) < 4.78 is 38.1. The van der Waals surface area contributed by atoms with E-state index in [0.29, 0.717) is 16.8 Å². The van der Waals surface area contributed by atoms with Crippen molar-refractivity contribution in [2.45, 2.75) is 32.5 Å². The van der Waals surface area contributed by atoms with E-state index in [1.54, 1.807) is 13.1 Å². The van der Waals surface area contributed by atoms with Crippen molar-refractivity contribution in [1.29, 1.82) is 0 Å².